The van der Waals surface area contributed by atoms with Gasteiger partial charge in [0.05, 0.1) is 10.9 Å². The Morgan fingerprint density at radius 1 is 0.962 bits per heavy atom. The van der Waals surface area contributed by atoms with Crippen LogP contribution in [0, 0.1) is 4.77 Å². The summed E-state index contributed by atoms with van der Waals surface area (Å²) >= 11 is 5.47. The van der Waals surface area contributed by atoms with E-state index in [1.165, 1.54) is 38.8 Å². The Kier molecular flexibility index (Phi) is 5.18. The van der Waals surface area contributed by atoms with Gasteiger partial charge in [-0.25, -0.2) is 0 Å². The SMILES string of the molecule is O=c1c2cc3ccccc3cc2[nH]c(=S)n1CCCN1CCCCCC1. The van der Waals surface area contributed by atoms with E-state index in [2.05, 4.69) is 16.0 Å². The fourth-order valence-electron chi connectivity index (χ4n) is 3.96. The number of likely N-dealkylation sites (tertiary alicyclic amines) is 1. The molecule has 0 unspecified atom stereocenters. The summed E-state index contributed by atoms with van der Waals surface area (Å²) in [6.07, 6.45) is 6.24. The topological polar surface area (TPSA) is 41.0 Å². The molecule has 0 aliphatic carbocycles. The van der Waals surface area contributed by atoms with Gasteiger partial charge in [-0.3, -0.25) is 9.36 Å². The van der Waals surface area contributed by atoms with Crippen molar-refractivity contribution < 1.29 is 0 Å². The first-order valence-corrected chi connectivity index (χ1v) is 10.0. The predicted molar refractivity (Wildman–Crippen MR) is 110 cm³/mol. The molecule has 0 saturated carbocycles. The third-order valence-corrected chi connectivity index (χ3v) is 5.73. The smallest absolute Gasteiger partial charge is 0.262 e. The molecular formula is C21H25N3OS. The number of hydrogen-bond donors (Lipinski definition) is 1. The van der Waals surface area contributed by atoms with Crippen molar-refractivity contribution >= 4 is 33.9 Å². The summed E-state index contributed by atoms with van der Waals surface area (Å²) in [6.45, 7) is 4.08. The largest absolute Gasteiger partial charge is 0.332 e. The van der Waals surface area contributed by atoms with E-state index in [1.807, 2.05) is 30.3 Å². The molecule has 0 atom stereocenters. The van der Waals surface area contributed by atoms with Gasteiger partial charge in [0.15, 0.2) is 4.77 Å². The van der Waals surface area contributed by atoms with E-state index in [-0.39, 0.29) is 5.56 Å². The quantitative estimate of drug-likeness (QED) is 0.546. The van der Waals surface area contributed by atoms with Crippen LogP contribution < -0.4 is 5.56 Å². The molecule has 1 aliphatic heterocycles. The highest BCUT2D eigenvalue weighted by molar-refractivity contribution is 7.71. The van der Waals surface area contributed by atoms with Gasteiger partial charge in [0.1, 0.15) is 0 Å². The maximum Gasteiger partial charge on any atom is 0.262 e. The Hall–Kier alpha value is -1.98. The maximum absolute atomic E-state index is 13.0. The molecule has 0 bridgehead atoms. The average Bonchev–Trinajstić information content (AvgIpc) is 2.92. The number of H-pyrrole nitrogens is 1. The van der Waals surface area contributed by atoms with Crippen LogP contribution in [-0.2, 0) is 6.54 Å². The Morgan fingerprint density at radius 3 is 2.38 bits per heavy atom. The zero-order valence-corrected chi connectivity index (χ0v) is 15.9. The minimum atomic E-state index is 0.0189. The third kappa shape index (κ3) is 3.60. The molecular weight excluding hydrogens is 342 g/mol. The summed E-state index contributed by atoms with van der Waals surface area (Å²) in [4.78, 5) is 18.8. The molecule has 0 amide bonds. The fourth-order valence-corrected chi connectivity index (χ4v) is 4.24. The molecule has 136 valence electrons. The van der Waals surface area contributed by atoms with Crippen molar-refractivity contribution in [1.82, 2.24) is 14.5 Å². The molecule has 3 aromatic rings. The van der Waals surface area contributed by atoms with Crippen LogP contribution in [0.4, 0.5) is 0 Å². The van der Waals surface area contributed by atoms with Gasteiger partial charge in [0.2, 0.25) is 0 Å². The second kappa shape index (κ2) is 7.72. The number of nitrogens with one attached hydrogen (secondary N) is 1. The first kappa shape index (κ1) is 17.4. The van der Waals surface area contributed by atoms with E-state index in [0.29, 0.717) is 16.7 Å². The second-order valence-corrected chi connectivity index (χ2v) is 7.63. The molecule has 1 saturated heterocycles. The Labute approximate surface area is 158 Å². The molecule has 1 fully saturated rings. The summed E-state index contributed by atoms with van der Waals surface area (Å²) in [6, 6.07) is 12.1. The highest BCUT2D eigenvalue weighted by Gasteiger charge is 2.10. The van der Waals surface area contributed by atoms with Crippen LogP contribution in [0.25, 0.3) is 21.7 Å². The van der Waals surface area contributed by atoms with Crippen molar-refractivity contribution in [1.29, 1.82) is 0 Å². The van der Waals surface area contributed by atoms with Gasteiger partial charge in [0, 0.05) is 6.54 Å². The molecule has 26 heavy (non-hydrogen) atoms. The monoisotopic (exact) mass is 367 g/mol. The number of benzene rings is 2. The highest BCUT2D eigenvalue weighted by atomic mass is 32.1. The molecule has 0 spiro atoms. The second-order valence-electron chi connectivity index (χ2n) is 7.24. The van der Waals surface area contributed by atoms with E-state index in [9.17, 15) is 4.79 Å². The molecule has 4 nitrogen and oxygen atoms in total. The van der Waals surface area contributed by atoms with Crippen LogP contribution >= 0.6 is 12.2 Å². The lowest BCUT2D eigenvalue weighted by Gasteiger charge is -2.19. The summed E-state index contributed by atoms with van der Waals surface area (Å²) in [5.74, 6) is 0. The predicted octanol–water partition coefficient (Wildman–Crippen LogP) is 4.48. The zero-order valence-electron chi connectivity index (χ0n) is 15.0. The van der Waals surface area contributed by atoms with Crippen LogP contribution in [0.2, 0.25) is 0 Å². The van der Waals surface area contributed by atoms with E-state index in [4.69, 9.17) is 12.2 Å². The van der Waals surface area contributed by atoms with Crippen molar-refractivity contribution in [3.8, 4) is 0 Å². The summed E-state index contributed by atoms with van der Waals surface area (Å²) in [5.41, 5.74) is 0.841. The van der Waals surface area contributed by atoms with Crippen molar-refractivity contribution in [2.45, 2.75) is 38.6 Å². The molecule has 5 heteroatoms. The number of fused-ring (bicyclic) bond motifs is 2. The van der Waals surface area contributed by atoms with Crippen molar-refractivity contribution in [3.05, 3.63) is 51.5 Å². The number of nitrogens with zero attached hydrogens (tertiary/aromatic N) is 2. The van der Waals surface area contributed by atoms with E-state index in [1.54, 1.807) is 4.57 Å². The van der Waals surface area contributed by atoms with Crippen molar-refractivity contribution in [2.75, 3.05) is 19.6 Å². The summed E-state index contributed by atoms with van der Waals surface area (Å²) < 4.78 is 2.25. The van der Waals surface area contributed by atoms with Crippen LogP contribution in [0.3, 0.4) is 0 Å². The van der Waals surface area contributed by atoms with E-state index >= 15 is 0 Å². The van der Waals surface area contributed by atoms with Crippen LogP contribution in [-0.4, -0.2) is 34.1 Å². The Bertz CT molecular complexity index is 1030. The van der Waals surface area contributed by atoms with Crippen molar-refractivity contribution in [2.24, 2.45) is 0 Å². The van der Waals surface area contributed by atoms with Gasteiger partial charge in [-0.05, 0) is 74.0 Å². The first-order chi connectivity index (χ1) is 12.7. The van der Waals surface area contributed by atoms with Gasteiger partial charge >= 0.3 is 0 Å². The molecule has 2 heterocycles. The molecule has 0 radical (unpaired) electrons. The summed E-state index contributed by atoms with van der Waals surface area (Å²) in [7, 11) is 0. The lowest BCUT2D eigenvalue weighted by Crippen LogP contribution is -2.28. The maximum atomic E-state index is 13.0. The highest BCUT2D eigenvalue weighted by Crippen LogP contribution is 2.19. The number of aromatic amines is 1. The van der Waals surface area contributed by atoms with Gasteiger partial charge in [0.25, 0.3) is 5.56 Å². The first-order valence-electron chi connectivity index (χ1n) is 9.60. The summed E-state index contributed by atoms with van der Waals surface area (Å²) in [5, 5.41) is 2.91. The molecule has 2 aromatic carbocycles. The molecule has 1 aromatic heterocycles. The molecule has 1 N–H and O–H groups in total. The van der Waals surface area contributed by atoms with Crippen LogP contribution in [0.5, 0.6) is 0 Å². The number of aromatic nitrogens is 2. The minimum Gasteiger partial charge on any atom is -0.332 e. The Balaban J connectivity index is 1.59. The van der Waals surface area contributed by atoms with E-state index in [0.717, 1.165) is 29.3 Å². The van der Waals surface area contributed by atoms with Gasteiger partial charge in [-0.2, -0.15) is 0 Å². The minimum absolute atomic E-state index is 0.0189. The standard InChI is InChI=1S/C21H25N3OS/c25-20-18-14-16-8-3-4-9-17(16)15-19(18)22-21(26)24(20)13-7-12-23-10-5-1-2-6-11-23/h3-4,8-9,14-15H,1-2,5-7,10-13H2,(H,22,26). The zero-order chi connectivity index (χ0) is 17.9. The molecule has 4 rings (SSSR count). The normalized spacial score (nSPS) is 16.2. The number of rotatable bonds is 4. The third-order valence-electron chi connectivity index (χ3n) is 5.40. The van der Waals surface area contributed by atoms with Gasteiger partial charge in [-0.15, -0.1) is 0 Å². The Morgan fingerprint density at radius 2 is 1.65 bits per heavy atom. The van der Waals surface area contributed by atoms with Crippen LogP contribution in [0.1, 0.15) is 32.1 Å². The molecule has 1 aliphatic rings. The van der Waals surface area contributed by atoms with Crippen molar-refractivity contribution in [3.63, 3.8) is 0 Å². The fraction of sp³-hybridized carbons (Fsp3) is 0.429. The lowest BCUT2D eigenvalue weighted by atomic mass is 10.1. The van der Waals surface area contributed by atoms with Gasteiger partial charge < -0.3 is 9.88 Å². The van der Waals surface area contributed by atoms with Gasteiger partial charge in [-0.1, -0.05) is 37.1 Å². The lowest BCUT2D eigenvalue weighted by molar-refractivity contribution is 0.275. The van der Waals surface area contributed by atoms with Crippen LogP contribution in [0.15, 0.2) is 41.2 Å². The van der Waals surface area contributed by atoms with E-state index < -0.39 is 0 Å². The number of hydrogen-bond acceptors (Lipinski definition) is 3. The average molecular weight is 368 g/mol.